The van der Waals surface area contributed by atoms with Crippen molar-refractivity contribution in [2.75, 3.05) is 6.61 Å². The molecule has 6 nitrogen and oxygen atoms in total. The minimum absolute atomic E-state index is 0.295. The molecule has 0 amide bonds. The Balaban J connectivity index is 1.33. The van der Waals surface area contributed by atoms with Gasteiger partial charge in [-0.2, -0.15) is 5.10 Å². The van der Waals surface area contributed by atoms with Crippen LogP contribution in [0.5, 0.6) is 0 Å². The van der Waals surface area contributed by atoms with Gasteiger partial charge in [0.1, 0.15) is 24.4 Å². The standard InChI is InChI=1S/C29H30N2O4/c1-4-10-22(11-5-1)18-32-21-26-28(33-19-23-12-6-2-7-13-23)29(27(35-26)25-16-17-30-31-25)34-20-24-14-8-3-9-15-24/h1-17,26-29H,18-21H2,(H,30,31)/t26-,27+,28-,29+/m1/s1. The lowest BCUT2D eigenvalue weighted by atomic mass is 10.0. The Morgan fingerprint density at radius 1 is 0.657 bits per heavy atom. The average Bonchev–Trinajstić information content (AvgIpc) is 3.56. The Morgan fingerprint density at radius 2 is 1.20 bits per heavy atom. The molecule has 4 atom stereocenters. The fourth-order valence-electron chi connectivity index (χ4n) is 4.32. The number of aromatic nitrogens is 2. The molecule has 3 aromatic carbocycles. The molecule has 5 rings (SSSR count). The summed E-state index contributed by atoms with van der Waals surface area (Å²) in [5, 5.41) is 7.19. The van der Waals surface area contributed by atoms with E-state index in [1.807, 2.05) is 60.7 Å². The van der Waals surface area contributed by atoms with Crippen molar-refractivity contribution in [3.05, 3.63) is 126 Å². The van der Waals surface area contributed by atoms with Crippen molar-refractivity contribution in [2.24, 2.45) is 0 Å². The number of hydrogen-bond donors (Lipinski definition) is 1. The summed E-state index contributed by atoms with van der Waals surface area (Å²) in [4.78, 5) is 0. The molecule has 4 aromatic rings. The second-order valence-electron chi connectivity index (χ2n) is 8.63. The molecule has 1 fully saturated rings. The molecule has 0 spiro atoms. The largest absolute Gasteiger partial charge is 0.374 e. The topological polar surface area (TPSA) is 65.6 Å². The molecule has 0 unspecified atom stereocenters. The number of aromatic amines is 1. The zero-order chi connectivity index (χ0) is 23.7. The predicted octanol–water partition coefficient (Wildman–Crippen LogP) is 5.24. The average molecular weight is 471 g/mol. The maximum Gasteiger partial charge on any atom is 0.128 e. The van der Waals surface area contributed by atoms with E-state index in [0.29, 0.717) is 26.4 Å². The highest BCUT2D eigenvalue weighted by molar-refractivity contribution is 5.16. The van der Waals surface area contributed by atoms with E-state index in [1.165, 1.54) is 0 Å². The van der Waals surface area contributed by atoms with Crippen LogP contribution in [0.4, 0.5) is 0 Å². The van der Waals surface area contributed by atoms with Gasteiger partial charge in [0.05, 0.1) is 32.1 Å². The maximum atomic E-state index is 6.50. The van der Waals surface area contributed by atoms with Gasteiger partial charge in [-0.1, -0.05) is 91.0 Å². The summed E-state index contributed by atoms with van der Waals surface area (Å²) < 4.78 is 25.5. The summed E-state index contributed by atoms with van der Waals surface area (Å²) in [6, 6.07) is 32.3. The van der Waals surface area contributed by atoms with Crippen LogP contribution in [0.1, 0.15) is 28.5 Å². The van der Waals surface area contributed by atoms with Gasteiger partial charge in [0.25, 0.3) is 0 Å². The van der Waals surface area contributed by atoms with Crippen molar-refractivity contribution in [1.82, 2.24) is 10.2 Å². The van der Waals surface area contributed by atoms with E-state index in [1.54, 1.807) is 6.20 Å². The van der Waals surface area contributed by atoms with Gasteiger partial charge in [0.15, 0.2) is 0 Å². The lowest BCUT2D eigenvalue weighted by molar-refractivity contribution is -0.0898. The fraction of sp³-hybridized carbons (Fsp3) is 0.276. The molecule has 0 saturated carbocycles. The van der Waals surface area contributed by atoms with Crippen LogP contribution in [-0.4, -0.2) is 35.1 Å². The van der Waals surface area contributed by atoms with E-state index in [-0.39, 0.29) is 24.4 Å². The van der Waals surface area contributed by atoms with Gasteiger partial charge < -0.3 is 18.9 Å². The van der Waals surface area contributed by atoms with Crippen LogP contribution >= 0.6 is 0 Å². The molecule has 1 N–H and O–H groups in total. The van der Waals surface area contributed by atoms with Crippen LogP contribution in [0.15, 0.2) is 103 Å². The Kier molecular flexibility index (Phi) is 7.98. The lowest BCUT2D eigenvalue weighted by Crippen LogP contribution is -2.37. The quantitative estimate of drug-likeness (QED) is 0.325. The van der Waals surface area contributed by atoms with Gasteiger partial charge in [-0.15, -0.1) is 0 Å². The number of ether oxygens (including phenoxy) is 4. The highest BCUT2D eigenvalue weighted by atomic mass is 16.6. The second-order valence-corrected chi connectivity index (χ2v) is 8.63. The van der Waals surface area contributed by atoms with E-state index in [0.717, 1.165) is 22.4 Å². The third kappa shape index (κ3) is 6.24. The van der Waals surface area contributed by atoms with Crippen LogP contribution in [0.2, 0.25) is 0 Å². The summed E-state index contributed by atoms with van der Waals surface area (Å²) in [7, 11) is 0. The van der Waals surface area contributed by atoms with E-state index in [2.05, 4.69) is 46.6 Å². The first-order chi connectivity index (χ1) is 17.4. The molecule has 0 bridgehead atoms. The van der Waals surface area contributed by atoms with Gasteiger partial charge in [0, 0.05) is 6.20 Å². The minimum Gasteiger partial charge on any atom is -0.374 e. The molecule has 2 heterocycles. The van der Waals surface area contributed by atoms with Gasteiger partial charge in [-0.25, -0.2) is 0 Å². The molecule has 0 aliphatic carbocycles. The van der Waals surface area contributed by atoms with E-state index in [9.17, 15) is 0 Å². The first-order valence-corrected chi connectivity index (χ1v) is 11.9. The summed E-state index contributed by atoms with van der Waals surface area (Å²) in [6.07, 6.45) is 0.447. The van der Waals surface area contributed by atoms with Crippen molar-refractivity contribution in [1.29, 1.82) is 0 Å². The Bertz CT molecular complexity index is 1120. The highest BCUT2D eigenvalue weighted by Gasteiger charge is 2.47. The number of rotatable bonds is 11. The predicted molar refractivity (Wildman–Crippen MR) is 132 cm³/mol. The highest BCUT2D eigenvalue weighted by Crippen LogP contribution is 2.37. The SMILES string of the molecule is c1ccc(COC[C@H]2O[C@@H](c3ccn[nH]3)[C@H](OCc3ccccc3)[C@@H]2OCc2ccccc2)cc1. The van der Waals surface area contributed by atoms with E-state index >= 15 is 0 Å². The Labute approximate surface area is 205 Å². The summed E-state index contributed by atoms with van der Waals surface area (Å²) >= 11 is 0. The zero-order valence-electron chi connectivity index (χ0n) is 19.5. The smallest absolute Gasteiger partial charge is 0.128 e. The van der Waals surface area contributed by atoms with Crippen molar-refractivity contribution in [3.63, 3.8) is 0 Å². The van der Waals surface area contributed by atoms with Crippen molar-refractivity contribution in [2.45, 2.75) is 44.2 Å². The molecule has 35 heavy (non-hydrogen) atoms. The molecule has 1 aliphatic heterocycles. The Hall–Kier alpha value is -3.29. The second kappa shape index (κ2) is 11.9. The molecule has 1 saturated heterocycles. The van der Waals surface area contributed by atoms with E-state index < -0.39 is 0 Å². The molecular formula is C29H30N2O4. The molecule has 180 valence electrons. The normalized spacial score (nSPS) is 21.8. The number of benzene rings is 3. The number of hydrogen-bond acceptors (Lipinski definition) is 5. The van der Waals surface area contributed by atoms with Crippen LogP contribution in [0.25, 0.3) is 0 Å². The van der Waals surface area contributed by atoms with Crippen LogP contribution in [0.3, 0.4) is 0 Å². The van der Waals surface area contributed by atoms with Gasteiger partial charge >= 0.3 is 0 Å². The first-order valence-electron chi connectivity index (χ1n) is 11.9. The maximum absolute atomic E-state index is 6.50. The summed E-state index contributed by atoms with van der Waals surface area (Å²) in [5.41, 5.74) is 4.18. The zero-order valence-corrected chi connectivity index (χ0v) is 19.5. The van der Waals surface area contributed by atoms with E-state index in [4.69, 9.17) is 18.9 Å². The van der Waals surface area contributed by atoms with Crippen molar-refractivity contribution >= 4 is 0 Å². The van der Waals surface area contributed by atoms with Crippen molar-refractivity contribution in [3.8, 4) is 0 Å². The van der Waals surface area contributed by atoms with Crippen molar-refractivity contribution < 1.29 is 18.9 Å². The third-order valence-electron chi connectivity index (χ3n) is 6.10. The van der Waals surface area contributed by atoms with Gasteiger partial charge in [0.2, 0.25) is 0 Å². The molecule has 0 radical (unpaired) electrons. The molecule has 1 aliphatic rings. The van der Waals surface area contributed by atoms with Crippen LogP contribution in [0, 0.1) is 0 Å². The summed E-state index contributed by atoms with van der Waals surface area (Å²) in [6.45, 7) is 1.83. The van der Waals surface area contributed by atoms with Crippen LogP contribution in [-0.2, 0) is 38.8 Å². The molecular weight excluding hydrogens is 440 g/mol. The number of nitrogens with zero attached hydrogens (tertiary/aromatic N) is 1. The van der Waals surface area contributed by atoms with Gasteiger partial charge in [-0.3, -0.25) is 5.10 Å². The molecule has 1 aromatic heterocycles. The number of nitrogens with one attached hydrogen (secondary N) is 1. The first kappa shape index (κ1) is 23.5. The van der Waals surface area contributed by atoms with Gasteiger partial charge in [-0.05, 0) is 22.8 Å². The van der Waals surface area contributed by atoms with Crippen LogP contribution < -0.4 is 0 Å². The lowest BCUT2D eigenvalue weighted by Gasteiger charge is -2.25. The number of H-pyrrole nitrogens is 1. The molecule has 6 heteroatoms. The third-order valence-corrected chi connectivity index (χ3v) is 6.10. The fourth-order valence-corrected chi connectivity index (χ4v) is 4.32. The Morgan fingerprint density at radius 3 is 1.74 bits per heavy atom. The minimum atomic E-state index is -0.340. The monoisotopic (exact) mass is 470 g/mol. The summed E-state index contributed by atoms with van der Waals surface area (Å²) in [5.74, 6) is 0.